The number of aromatic amines is 1. The van der Waals surface area contributed by atoms with Crippen molar-refractivity contribution in [3.63, 3.8) is 0 Å². The van der Waals surface area contributed by atoms with E-state index in [1.54, 1.807) is 0 Å². The number of H-pyrrole nitrogens is 1. The molecule has 84 valence electrons. The summed E-state index contributed by atoms with van der Waals surface area (Å²) in [5.74, 6) is 2.99. The van der Waals surface area contributed by atoms with E-state index in [1.807, 2.05) is 0 Å². The van der Waals surface area contributed by atoms with Crippen LogP contribution in [-0.2, 0) is 0 Å². The maximum absolute atomic E-state index is 4.16. The first-order valence-electron chi connectivity index (χ1n) is 6.06. The van der Waals surface area contributed by atoms with Crippen molar-refractivity contribution in [1.82, 2.24) is 20.6 Å². The van der Waals surface area contributed by atoms with Crippen molar-refractivity contribution in [2.24, 2.45) is 11.8 Å². The fourth-order valence-electron chi connectivity index (χ4n) is 2.79. The van der Waals surface area contributed by atoms with Gasteiger partial charge in [-0.2, -0.15) is 5.21 Å². The summed E-state index contributed by atoms with van der Waals surface area (Å²) in [6, 6.07) is 0. The van der Waals surface area contributed by atoms with E-state index in [2.05, 4.69) is 34.5 Å². The molecule has 1 heterocycles. The Kier molecular flexibility index (Phi) is 3.34. The second-order valence-corrected chi connectivity index (χ2v) is 4.71. The van der Waals surface area contributed by atoms with Crippen LogP contribution in [0.1, 0.15) is 57.7 Å². The van der Waals surface area contributed by atoms with E-state index in [0.29, 0.717) is 5.92 Å². The fraction of sp³-hybridized carbons (Fsp3) is 0.909. The molecule has 15 heavy (non-hydrogen) atoms. The van der Waals surface area contributed by atoms with Crippen molar-refractivity contribution in [1.29, 1.82) is 0 Å². The Hall–Kier alpha value is -0.930. The smallest absolute Gasteiger partial charge is 0.177 e. The van der Waals surface area contributed by atoms with Crippen LogP contribution in [0.3, 0.4) is 0 Å². The molecule has 0 spiro atoms. The van der Waals surface area contributed by atoms with Crippen LogP contribution < -0.4 is 0 Å². The largest absolute Gasteiger partial charge is 0.177 e. The van der Waals surface area contributed by atoms with Gasteiger partial charge in [0.2, 0.25) is 0 Å². The normalized spacial score (nSPS) is 28.9. The van der Waals surface area contributed by atoms with Gasteiger partial charge in [-0.05, 0) is 24.7 Å². The van der Waals surface area contributed by atoms with Crippen LogP contribution >= 0.6 is 0 Å². The third kappa shape index (κ3) is 2.19. The van der Waals surface area contributed by atoms with E-state index in [1.165, 1.54) is 32.1 Å². The van der Waals surface area contributed by atoms with Gasteiger partial charge in [0, 0.05) is 5.92 Å². The minimum atomic E-state index is 0.535. The zero-order chi connectivity index (χ0) is 10.7. The SMILES string of the molecule is CC[C@H](C)[C@@H]1CCCCC1c1nn[nH]n1. The molecule has 1 aliphatic carbocycles. The maximum atomic E-state index is 4.16. The highest BCUT2D eigenvalue weighted by atomic mass is 15.5. The standard InChI is InChI=1S/C11H20N4/c1-3-8(2)9-6-4-5-7-10(9)11-12-14-15-13-11/h8-10H,3-7H2,1-2H3,(H,12,13,14,15)/t8-,9-,10?/m0/s1. The summed E-state index contributed by atoms with van der Waals surface area (Å²) < 4.78 is 0. The fourth-order valence-corrected chi connectivity index (χ4v) is 2.79. The molecule has 4 nitrogen and oxygen atoms in total. The predicted octanol–water partition coefficient (Wildman–Crippen LogP) is 2.52. The summed E-state index contributed by atoms with van der Waals surface area (Å²) in [7, 11) is 0. The number of nitrogens with one attached hydrogen (secondary N) is 1. The molecular formula is C11H20N4. The molecule has 1 aliphatic rings. The third-order valence-corrected chi connectivity index (χ3v) is 3.89. The molecule has 1 aromatic rings. The lowest BCUT2D eigenvalue weighted by molar-refractivity contribution is 0.214. The molecule has 1 N–H and O–H groups in total. The van der Waals surface area contributed by atoms with Gasteiger partial charge in [0.25, 0.3) is 0 Å². The summed E-state index contributed by atoms with van der Waals surface area (Å²) in [6.45, 7) is 4.62. The van der Waals surface area contributed by atoms with Crippen molar-refractivity contribution >= 4 is 0 Å². The van der Waals surface area contributed by atoms with Gasteiger partial charge in [-0.3, -0.25) is 0 Å². The van der Waals surface area contributed by atoms with E-state index < -0.39 is 0 Å². The summed E-state index contributed by atoms with van der Waals surface area (Å²) in [6.07, 6.45) is 6.48. The summed E-state index contributed by atoms with van der Waals surface area (Å²) in [5, 5.41) is 14.6. The monoisotopic (exact) mass is 208 g/mol. The molecule has 1 unspecified atom stereocenters. The Morgan fingerprint density at radius 2 is 2.20 bits per heavy atom. The van der Waals surface area contributed by atoms with Crippen molar-refractivity contribution in [2.45, 2.75) is 51.9 Å². The number of hydrogen-bond donors (Lipinski definition) is 1. The lowest BCUT2D eigenvalue weighted by Crippen LogP contribution is -2.24. The van der Waals surface area contributed by atoms with Crippen LogP contribution in [0.25, 0.3) is 0 Å². The molecule has 1 aromatic heterocycles. The number of tetrazole rings is 1. The van der Waals surface area contributed by atoms with Crippen LogP contribution in [0.2, 0.25) is 0 Å². The average Bonchev–Trinajstić information content (AvgIpc) is 2.81. The van der Waals surface area contributed by atoms with E-state index >= 15 is 0 Å². The summed E-state index contributed by atoms with van der Waals surface area (Å²) in [4.78, 5) is 0. The highest BCUT2D eigenvalue weighted by molar-refractivity contribution is 4.98. The van der Waals surface area contributed by atoms with Crippen molar-refractivity contribution in [3.05, 3.63) is 5.82 Å². The van der Waals surface area contributed by atoms with Crippen LogP contribution in [0.15, 0.2) is 0 Å². The van der Waals surface area contributed by atoms with Gasteiger partial charge < -0.3 is 0 Å². The molecule has 4 heteroatoms. The lowest BCUT2D eigenvalue weighted by Gasteiger charge is -2.33. The van der Waals surface area contributed by atoms with Crippen LogP contribution in [0.5, 0.6) is 0 Å². The predicted molar refractivity (Wildman–Crippen MR) is 58.3 cm³/mol. The molecule has 2 rings (SSSR count). The van der Waals surface area contributed by atoms with Gasteiger partial charge in [0.05, 0.1) is 0 Å². The molecule has 0 radical (unpaired) electrons. The first-order valence-corrected chi connectivity index (χ1v) is 6.06. The molecule has 1 fully saturated rings. The number of hydrogen-bond acceptors (Lipinski definition) is 3. The van der Waals surface area contributed by atoms with E-state index in [9.17, 15) is 0 Å². The second kappa shape index (κ2) is 4.73. The van der Waals surface area contributed by atoms with Gasteiger partial charge in [-0.1, -0.05) is 38.3 Å². The lowest BCUT2D eigenvalue weighted by atomic mass is 9.72. The first kappa shape index (κ1) is 10.6. The van der Waals surface area contributed by atoms with E-state index in [4.69, 9.17) is 0 Å². The van der Waals surface area contributed by atoms with Crippen molar-refractivity contribution in [2.75, 3.05) is 0 Å². The first-order chi connectivity index (χ1) is 7.33. The van der Waals surface area contributed by atoms with Gasteiger partial charge in [0.1, 0.15) is 0 Å². The molecule has 1 saturated carbocycles. The topological polar surface area (TPSA) is 54.5 Å². The minimum Gasteiger partial charge on any atom is -0.177 e. The average molecular weight is 208 g/mol. The highest BCUT2D eigenvalue weighted by Gasteiger charge is 2.32. The van der Waals surface area contributed by atoms with Crippen LogP contribution in [-0.4, -0.2) is 20.6 Å². The van der Waals surface area contributed by atoms with E-state index in [0.717, 1.165) is 17.7 Å². The van der Waals surface area contributed by atoms with Crippen molar-refractivity contribution in [3.8, 4) is 0 Å². The Labute approximate surface area is 90.8 Å². The molecule has 0 saturated heterocycles. The zero-order valence-electron chi connectivity index (χ0n) is 9.61. The Morgan fingerprint density at radius 1 is 1.40 bits per heavy atom. The Bertz CT molecular complexity index is 283. The second-order valence-electron chi connectivity index (χ2n) is 4.71. The summed E-state index contributed by atoms with van der Waals surface area (Å²) in [5.41, 5.74) is 0. The molecule has 0 aliphatic heterocycles. The number of aromatic nitrogens is 4. The Balaban J connectivity index is 2.12. The number of nitrogens with zero attached hydrogens (tertiary/aromatic N) is 3. The van der Waals surface area contributed by atoms with E-state index in [-0.39, 0.29) is 0 Å². The molecule has 0 aromatic carbocycles. The van der Waals surface area contributed by atoms with Crippen LogP contribution in [0.4, 0.5) is 0 Å². The molecule has 3 atom stereocenters. The molecule has 0 amide bonds. The highest BCUT2D eigenvalue weighted by Crippen LogP contribution is 2.41. The van der Waals surface area contributed by atoms with Gasteiger partial charge in [-0.15, -0.1) is 10.2 Å². The van der Waals surface area contributed by atoms with Crippen molar-refractivity contribution < 1.29 is 0 Å². The summed E-state index contributed by atoms with van der Waals surface area (Å²) >= 11 is 0. The zero-order valence-corrected chi connectivity index (χ0v) is 9.61. The molecule has 0 bridgehead atoms. The van der Waals surface area contributed by atoms with Gasteiger partial charge >= 0.3 is 0 Å². The van der Waals surface area contributed by atoms with Gasteiger partial charge in [0.15, 0.2) is 5.82 Å². The van der Waals surface area contributed by atoms with Crippen LogP contribution in [0, 0.1) is 11.8 Å². The Morgan fingerprint density at radius 3 is 2.87 bits per heavy atom. The molecular weight excluding hydrogens is 188 g/mol. The minimum absolute atomic E-state index is 0.535. The maximum Gasteiger partial charge on any atom is 0.177 e. The van der Waals surface area contributed by atoms with Gasteiger partial charge in [-0.25, -0.2) is 0 Å². The number of rotatable bonds is 3. The third-order valence-electron chi connectivity index (χ3n) is 3.89. The quantitative estimate of drug-likeness (QED) is 0.830.